The van der Waals surface area contributed by atoms with E-state index in [9.17, 15) is 5.11 Å². The maximum Gasteiger partial charge on any atom is 0.0637 e. The first-order valence-corrected chi connectivity index (χ1v) is 5.99. The summed E-state index contributed by atoms with van der Waals surface area (Å²) >= 11 is 3.41. The third-order valence-electron chi connectivity index (χ3n) is 3.09. The quantitative estimate of drug-likeness (QED) is 0.894. The van der Waals surface area contributed by atoms with E-state index in [4.69, 9.17) is 0 Å². The summed E-state index contributed by atoms with van der Waals surface area (Å²) in [5.41, 5.74) is 1.09. The van der Waals surface area contributed by atoms with Gasteiger partial charge in [0.2, 0.25) is 0 Å². The molecule has 1 fully saturated rings. The molecule has 15 heavy (non-hydrogen) atoms. The molecule has 1 aromatic heterocycles. The third-order valence-corrected chi connectivity index (χ3v) is 3.53. The lowest BCUT2D eigenvalue weighted by molar-refractivity contribution is 0.244. The van der Waals surface area contributed by atoms with E-state index < -0.39 is 0 Å². The van der Waals surface area contributed by atoms with Gasteiger partial charge in [0.25, 0.3) is 0 Å². The Hall–Kier alpha value is -0.610. The number of halogens is 1. The average Bonchev–Trinajstić information content (AvgIpc) is 2.59. The van der Waals surface area contributed by atoms with E-state index in [-0.39, 0.29) is 12.6 Å². The molecule has 0 spiro atoms. The monoisotopic (exact) mass is 270 g/mol. The van der Waals surface area contributed by atoms with E-state index in [2.05, 4.69) is 32.7 Å². The summed E-state index contributed by atoms with van der Waals surface area (Å²) in [6, 6.07) is 2.29. The van der Waals surface area contributed by atoms with Crippen LogP contribution in [0.5, 0.6) is 0 Å². The van der Waals surface area contributed by atoms with Crippen LogP contribution in [-0.4, -0.2) is 29.3 Å². The Morgan fingerprint density at radius 3 is 3.07 bits per heavy atom. The second-order valence-electron chi connectivity index (χ2n) is 4.07. The van der Waals surface area contributed by atoms with E-state index in [0.29, 0.717) is 5.92 Å². The molecule has 1 aromatic rings. The van der Waals surface area contributed by atoms with Gasteiger partial charge in [0.05, 0.1) is 24.5 Å². The van der Waals surface area contributed by atoms with E-state index in [1.807, 2.05) is 12.3 Å². The number of anilines is 1. The number of aliphatic hydroxyl groups is 1. The molecule has 0 aliphatic carbocycles. The molecule has 1 aliphatic rings. The van der Waals surface area contributed by atoms with Crippen molar-refractivity contribution < 1.29 is 5.11 Å². The molecular weight excluding hydrogens is 256 g/mol. The number of hydrogen-bond donors (Lipinski definition) is 1. The maximum atomic E-state index is 9.36. The van der Waals surface area contributed by atoms with Crippen LogP contribution in [0.15, 0.2) is 22.9 Å². The minimum atomic E-state index is 0.216. The summed E-state index contributed by atoms with van der Waals surface area (Å²) in [5.74, 6) is 0.550. The van der Waals surface area contributed by atoms with E-state index in [1.165, 1.54) is 0 Å². The lowest BCUT2D eigenvalue weighted by atomic mass is 10.0. The van der Waals surface area contributed by atoms with Crippen LogP contribution < -0.4 is 4.90 Å². The van der Waals surface area contributed by atoms with Crippen molar-refractivity contribution in [3.05, 3.63) is 22.9 Å². The highest BCUT2D eigenvalue weighted by atomic mass is 79.9. The van der Waals surface area contributed by atoms with Gasteiger partial charge in [0, 0.05) is 17.2 Å². The fourth-order valence-electron chi connectivity index (χ4n) is 2.16. The molecule has 2 heterocycles. The van der Waals surface area contributed by atoms with Crippen molar-refractivity contribution in [2.24, 2.45) is 5.92 Å². The Bertz CT molecular complexity index is 345. The number of aromatic nitrogens is 1. The molecule has 82 valence electrons. The van der Waals surface area contributed by atoms with Crippen molar-refractivity contribution in [2.45, 2.75) is 19.4 Å². The highest BCUT2D eigenvalue weighted by Gasteiger charge is 2.30. The predicted molar refractivity (Wildman–Crippen MR) is 63.9 cm³/mol. The molecule has 2 unspecified atom stereocenters. The maximum absolute atomic E-state index is 9.36. The lowest BCUT2D eigenvalue weighted by Crippen LogP contribution is -2.35. The molecule has 3 nitrogen and oxygen atoms in total. The molecule has 1 N–H and O–H groups in total. The zero-order chi connectivity index (χ0) is 10.8. The molecule has 2 atom stereocenters. The van der Waals surface area contributed by atoms with E-state index >= 15 is 0 Å². The molecule has 1 aliphatic heterocycles. The summed E-state index contributed by atoms with van der Waals surface area (Å²) in [5, 5.41) is 9.36. The van der Waals surface area contributed by atoms with Crippen molar-refractivity contribution in [1.29, 1.82) is 0 Å². The smallest absolute Gasteiger partial charge is 0.0637 e. The van der Waals surface area contributed by atoms with Crippen LogP contribution in [0.1, 0.15) is 13.3 Å². The summed E-state index contributed by atoms with van der Waals surface area (Å²) in [6.07, 6.45) is 4.76. The first-order chi connectivity index (χ1) is 7.22. The average molecular weight is 271 g/mol. The van der Waals surface area contributed by atoms with E-state index in [0.717, 1.165) is 23.1 Å². The van der Waals surface area contributed by atoms with Crippen molar-refractivity contribution in [1.82, 2.24) is 4.98 Å². The summed E-state index contributed by atoms with van der Waals surface area (Å²) in [6.45, 7) is 3.41. The highest BCUT2D eigenvalue weighted by molar-refractivity contribution is 9.10. The lowest BCUT2D eigenvalue weighted by Gasteiger charge is -2.27. The fraction of sp³-hybridized carbons (Fsp3) is 0.545. The van der Waals surface area contributed by atoms with Gasteiger partial charge in [0.15, 0.2) is 0 Å². The summed E-state index contributed by atoms with van der Waals surface area (Å²) in [7, 11) is 0. The van der Waals surface area contributed by atoms with Gasteiger partial charge in [-0.15, -0.1) is 0 Å². The number of aliphatic hydroxyl groups excluding tert-OH is 1. The zero-order valence-corrected chi connectivity index (χ0v) is 10.3. The standard InChI is InChI=1S/C11H15BrN2O/c1-8-2-3-14(11(8)7-15)10-4-9(12)5-13-6-10/h4-6,8,11,15H,2-3,7H2,1H3. The normalized spacial score (nSPS) is 25.9. The van der Waals surface area contributed by atoms with Crippen LogP contribution in [0.4, 0.5) is 5.69 Å². The molecule has 0 saturated carbocycles. The van der Waals surface area contributed by atoms with Crippen molar-refractivity contribution >= 4 is 21.6 Å². The minimum Gasteiger partial charge on any atom is -0.394 e. The second kappa shape index (κ2) is 4.49. The number of pyridine rings is 1. The van der Waals surface area contributed by atoms with Crippen LogP contribution in [0, 0.1) is 5.92 Å². The van der Waals surface area contributed by atoms with Gasteiger partial charge < -0.3 is 10.0 Å². The molecule has 0 bridgehead atoms. The van der Waals surface area contributed by atoms with E-state index in [1.54, 1.807) is 6.20 Å². The zero-order valence-electron chi connectivity index (χ0n) is 8.73. The van der Waals surface area contributed by atoms with Crippen LogP contribution in [0.3, 0.4) is 0 Å². The van der Waals surface area contributed by atoms with Crippen LogP contribution in [0.2, 0.25) is 0 Å². The Balaban J connectivity index is 2.23. The molecule has 2 rings (SSSR count). The molecule has 0 amide bonds. The largest absolute Gasteiger partial charge is 0.394 e. The first-order valence-electron chi connectivity index (χ1n) is 5.20. The molecule has 0 aromatic carbocycles. The van der Waals surface area contributed by atoms with Gasteiger partial charge in [0.1, 0.15) is 0 Å². The third kappa shape index (κ3) is 2.16. The molecule has 1 saturated heterocycles. The summed E-state index contributed by atoms with van der Waals surface area (Å²) < 4.78 is 0.983. The second-order valence-corrected chi connectivity index (χ2v) is 4.99. The molecular formula is C11H15BrN2O. The number of hydrogen-bond acceptors (Lipinski definition) is 3. The molecule has 4 heteroatoms. The van der Waals surface area contributed by atoms with Crippen LogP contribution in [0.25, 0.3) is 0 Å². The van der Waals surface area contributed by atoms with Gasteiger partial charge in [-0.05, 0) is 34.3 Å². The van der Waals surface area contributed by atoms with Gasteiger partial charge in [-0.1, -0.05) is 6.92 Å². The number of rotatable bonds is 2. The molecule has 0 radical (unpaired) electrons. The minimum absolute atomic E-state index is 0.216. The SMILES string of the molecule is CC1CCN(c2cncc(Br)c2)C1CO. The van der Waals surface area contributed by atoms with Gasteiger partial charge in [-0.2, -0.15) is 0 Å². The van der Waals surface area contributed by atoms with Crippen molar-refractivity contribution in [2.75, 3.05) is 18.1 Å². The van der Waals surface area contributed by atoms with Crippen molar-refractivity contribution in [3.63, 3.8) is 0 Å². The summed E-state index contributed by atoms with van der Waals surface area (Å²) in [4.78, 5) is 6.39. The van der Waals surface area contributed by atoms with Gasteiger partial charge in [-0.3, -0.25) is 4.98 Å². The Morgan fingerprint density at radius 1 is 1.60 bits per heavy atom. The number of nitrogens with zero attached hydrogens (tertiary/aromatic N) is 2. The van der Waals surface area contributed by atoms with Crippen LogP contribution in [-0.2, 0) is 0 Å². The van der Waals surface area contributed by atoms with Gasteiger partial charge in [-0.25, -0.2) is 0 Å². The Morgan fingerprint density at radius 2 is 2.40 bits per heavy atom. The predicted octanol–water partition coefficient (Wildman–Crippen LogP) is 2.05. The first kappa shape index (κ1) is 10.9. The van der Waals surface area contributed by atoms with Crippen LogP contribution >= 0.6 is 15.9 Å². The fourth-order valence-corrected chi connectivity index (χ4v) is 2.52. The topological polar surface area (TPSA) is 36.4 Å². The Labute approximate surface area is 98.3 Å². The Kier molecular flexibility index (Phi) is 3.26. The highest BCUT2D eigenvalue weighted by Crippen LogP contribution is 2.30. The van der Waals surface area contributed by atoms with Crippen molar-refractivity contribution in [3.8, 4) is 0 Å². The van der Waals surface area contributed by atoms with Gasteiger partial charge >= 0.3 is 0 Å².